The van der Waals surface area contributed by atoms with E-state index in [0.717, 1.165) is 48.1 Å². The monoisotopic (exact) mass is 595 g/mol. The van der Waals surface area contributed by atoms with Crippen LogP contribution in [0.4, 0.5) is 13.2 Å². The average molecular weight is 596 g/mol. The van der Waals surface area contributed by atoms with Gasteiger partial charge in [-0.05, 0) is 78.8 Å². The van der Waals surface area contributed by atoms with Gasteiger partial charge in [0.15, 0.2) is 0 Å². The molecule has 0 radical (unpaired) electrons. The normalized spacial score (nSPS) is 15.4. The third kappa shape index (κ3) is 8.85. The number of alkyl halides is 3. The summed E-state index contributed by atoms with van der Waals surface area (Å²) >= 11 is 0. The van der Waals surface area contributed by atoms with Crippen LogP contribution in [0.15, 0.2) is 66.7 Å². The molecule has 0 aromatic heterocycles. The standard InChI is InChI=1S/C35H40F3NO4/c1-4-42-34(41)24(3)22-39-33(40)29-16-19-31(23(2)20-29)43-32(21-25-8-6-5-7-9-25)28-12-10-26(11-13-28)27-14-17-30(18-15-27)35(36,37)38/h10-20,24-25,32H,4-9,21-22H2,1-3H3,(H,39,40)/t24-,32+/m1/s1. The van der Waals surface area contributed by atoms with Crippen molar-refractivity contribution < 1.29 is 32.2 Å². The molecule has 0 spiro atoms. The highest BCUT2D eigenvalue weighted by atomic mass is 19.4. The minimum atomic E-state index is -4.37. The van der Waals surface area contributed by atoms with Crippen LogP contribution in [0.3, 0.4) is 0 Å². The third-order valence-corrected chi connectivity index (χ3v) is 8.06. The summed E-state index contributed by atoms with van der Waals surface area (Å²) < 4.78 is 50.6. The first kappa shape index (κ1) is 32.1. The van der Waals surface area contributed by atoms with Gasteiger partial charge in [0.2, 0.25) is 0 Å². The van der Waals surface area contributed by atoms with Gasteiger partial charge in [0.25, 0.3) is 5.91 Å². The predicted octanol–water partition coefficient (Wildman–Crippen LogP) is 8.70. The maximum Gasteiger partial charge on any atom is 0.416 e. The number of amides is 1. The predicted molar refractivity (Wildman–Crippen MR) is 161 cm³/mol. The molecule has 43 heavy (non-hydrogen) atoms. The summed E-state index contributed by atoms with van der Waals surface area (Å²) in [6, 6.07) is 18.3. The molecule has 3 aromatic carbocycles. The van der Waals surface area contributed by atoms with Gasteiger partial charge >= 0.3 is 12.1 Å². The van der Waals surface area contributed by atoms with Gasteiger partial charge < -0.3 is 14.8 Å². The molecule has 1 amide bonds. The van der Waals surface area contributed by atoms with Crippen molar-refractivity contribution in [2.45, 2.75) is 71.6 Å². The molecule has 5 nitrogen and oxygen atoms in total. The molecule has 0 aliphatic heterocycles. The van der Waals surface area contributed by atoms with Gasteiger partial charge in [-0.3, -0.25) is 9.59 Å². The summed E-state index contributed by atoms with van der Waals surface area (Å²) in [5.41, 5.74) is 3.17. The molecular formula is C35H40F3NO4. The van der Waals surface area contributed by atoms with Gasteiger partial charge in [0.05, 0.1) is 18.1 Å². The Hall–Kier alpha value is -3.81. The number of halogens is 3. The van der Waals surface area contributed by atoms with E-state index in [1.165, 1.54) is 31.4 Å². The summed E-state index contributed by atoms with van der Waals surface area (Å²) in [4.78, 5) is 24.6. The second-order valence-electron chi connectivity index (χ2n) is 11.4. The van der Waals surface area contributed by atoms with Gasteiger partial charge in [-0.15, -0.1) is 0 Å². The van der Waals surface area contributed by atoms with Gasteiger partial charge in [0, 0.05) is 12.1 Å². The Morgan fingerprint density at radius 2 is 1.56 bits per heavy atom. The fraction of sp³-hybridized carbons (Fsp3) is 0.429. The molecule has 0 heterocycles. The molecule has 1 fully saturated rings. The van der Waals surface area contributed by atoms with Crippen LogP contribution in [0.1, 0.15) is 85.5 Å². The van der Waals surface area contributed by atoms with E-state index < -0.39 is 17.7 Å². The average Bonchev–Trinajstić information content (AvgIpc) is 3.00. The molecule has 0 unspecified atom stereocenters. The van der Waals surface area contributed by atoms with E-state index in [4.69, 9.17) is 9.47 Å². The summed E-state index contributed by atoms with van der Waals surface area (Å²) in [7, 11) is 0. The Bertz CT molecular complexity index is 1360. The number of ether oxygens (including phenoxy) is 2. The SMILES string of the molecule is CCOC(=O)[C@H](C)CNC(=O)c1ccc(O[C@@H](CC2CCCCC2)c2ccc(-c3ccc(C(F)(F)F)cc3)cc2)c(C)c1. The number of hydrogen-bond donors (Lipinski definition) is 1. The second kappa shape index (κ2) is 14.6. The highest BCUT2D eigenvalue weighted by molar-refractivity contribution is 5.94. The minimum absolute atomic E-state index is 0.181. The molecule has 1 saturated carbocycles. The van der Waals surface area contributed by atoms with E-state index in [1.807, 2.05) is 37.3 Å². The zero-order valence-electron chi connectivity index (χ0n) is 25.0. The Balaban J connectivity index is 1.49. The van der Waals surface area contributed by atoms with E-state index in [-0.39, 0.29) is 24.5 Å². The fourth-order valence-corrected chi connectivity index (χ4v) is 5.51. The highest BCUT2D eigenvalue weighted by Crippen LogP contribution is 2.37. The Labute approximate surface area is 251 Å². The number of carbonyl (C=O) groups is 2. The van der Waals surface area contributed by atoms with Crippen molar-refractivity contribution in [3.05, 3.63) is 89.0 Å². The molecular weight excluding hydrogens is 555 g/mol. The van der Waals surface area contributed by atoms with Crippen molar-refractivity contribution in [2.75, 3.05) is 13.2 Å². The Morgan fingerprint density at radius 1 is 0.930 bits per heavy atom. The first-order valence-electron chi connectivity index (χ1n) is 15.0. The van der Waals surface area contributed by atoms with Crippen molar-refractivity contribution in [1.82, 2.24) is 5.32 Å². The molecule has 230 valence electrons. The summed E-state index contributed by atoms with van der Waals surface area (Å²) in [6.45, 7) is 5.83. The first-order chi connectivity index (χ1) is 20.5. The maximum atomic E-state index is 13.0. The van der Waals surface area contributed by atoms with Crippen LogP contribution in [-0.2, 0) is 15.7 Å². The van der Waals surface area contributed by atoms with Crippen molar-refractivity contribution in [1.29, 1.82) is 0 Å². The fourth-order valence-electron chi connectivity index (χ4n) is 5.51. The second-order valence-corrected chi connectivity index (χ2v) is 11.4. The van der Waals surface area contributed by atoms with Crippen molar-refractivity contribution >= 4 is 11.9 Å². The van der Waals surface area contributed by atoms with Crippen LogP contribution in [0, 0.1) is 18.8 Å². The topological polar surface area (TPSA) is 64.6 Å². The van der Waals surface area contributed by atoms with E-state index in [9.17, 15) is 22.8 Å². The first-order valence-corrected chi connectivity index (χ1v) is 15.0. The molecule has 4 rings (SSSR count). The van der Waals surface area contributed by atoms with Gasteiger partial charge in [-0.2, -0.15) is 13.2 Å². The minimum Gasteiger partial charge on any atom is -0.485 e. The van der Waals surface area contributed by atoms with Crippen LogP contribution < -0.4 is 10.1 Å². The lowest BCUT2D eigenvalue weighted by molar-refractivity contribution is -0.147. The zero-order chi connectivity index (χ0) is 31.0. The molecule has 2 atom stereocenters. The lowest BCUT2D eigenvalue weighted by atomic mass is 9.84. The summed E-state index contributed by atoms with van der Waals surface area (Å²) in [5, 5.41) is 2.80. The van der Waals surface area contributed by atoms with Crippen molar-refractivity contribution in [3.63, 3.8) is 0 Å². The van der Waals surface area contributed by atoms with E-state index in [0.29, 0.717) is 29.4 Å². The largest absolute Gasteiger partial charge is 0.485 e. The van der Waals surface area contributed by atoms with E-state index in [2.05, 4.69) is 5.32 Å². The third-order valence-electron chi connectivity index (χ3n) is 8.06. The van der Waals surface area contributed by atoms with E-state index >= 15 is 0 Å². The van der Waals surface area contributed by atoms with Crippen LogP contribution in [0.25, 0.3) is 11.1 Å². The molecule has 1 aliphatic rings. The smallest absolute Gasteiger partial charge is 0.416 e. The zero-order valence-corrected chi connectivity index (χ0v) is 25.0. The maximum absolute atomic E-state index is 13.0. The molecule has 0 saturated heterocycles. The summed E-state index contributed by atoms with van der Waals surface area (Å²) in [5.74, 6) is 0.158. The van der Waals surface area contributed by atoms with Gasteiger partial charge in [0.1, 0.15) is 11.9 Å². The molecule has 3 aromatic rings. The quantitative estimate of drug-likeness (QED) is 0.225. The van der Waals surface area contributed by atoms with Crippen molar-refractivity contribution in [3.8, 4) is 16.9 Å². The van der Waals surface area contributed by atoms with E-state index in [1.54, 1.807) is 26.0 Å². The Morgan fingerprint density at radius 3 is 2.14 bits per heavy atom. The summed E-state index contributed by atoms with van der Waals surface area (Å²) in [6.07, 6.45) is 2.27. The van der Waals surface area contributed by atoms with Crippen LogP contribution >= 0.6 is 0 Å². The number of benzene rings is 3. The van der Waals surface area contributed by atoms with Gasteiger partial charge in [-0.25, -0.2) is 0 Å². The number of hydrogen-bond acceptors (Lipinski definition) is 4. The highest BCUT2D eigenvalue weighted by Gasteiger charge is 2.30. The number of aryl methyl sites for hydroxylation is 1. The molecule has 0 bridgehead atoms. The van der Waals surface area contributed by atoms with Gasteiger partial charge in [-0.1, -0.05) is 75.4 Å². The van der Waals surface area contributed by atoms with Crippen LogP contribution in [0.5, 0.6) is 5.75 Å². The number of esters is 1. The lowest BCUT2D eigenvalue weighted by Crippen LogP contribution is -2.32. The van der Waals surface area contributed by atoms with Crippen molar-refractivity contribution in [2.24, 2.45) is 11.8 Å². The molecule has 1 aliphatic carbocycles. The molecule has 1 N–H and O–H groups in total. The Kier molecular flexibility index (Phi) is 10.9. The molecule has 8 heteroatoms. The van der Waals surface area contributed by atoms with Crippen LogP contribution in [-0.4, -0.2) is 25.0 Å². The number of rotatable bonds is 11. The lowest BCUT2D eigenvalue weighted by Gasteiger charge is -2.28. The number of carbonyl (C=O) groups excluding carboxylic acids is 2. The number of nitrogens with one attached hydrogen (secondary N) is 1. The van der Waals surface area contributed by atoms with Crippen LogP contribution in [0.2, 0.25) is 0 Å².